The average Bonchev–Trinajstić information content (AvgIpc) is 2.67. The van der Waals surface area contributed by atoms with Crippen LogP contribution in [0.25, 0.3) is 5.57 Å². The van der Waals surface area contributed by atoms with Crippen molar-refractivity contribution in [3.8, 4) is 5.75 Å². The lowest BCUT2D eigenvalue weighted by atomic mass is 9.73. The van der Waals surface area contributed by atoms with Crippen LogP contribution in [-0.2, 0) is 14.3 Å². The van der Waals surface area contributed by atoms with Crippen LogP contribution in [0.3, 0.4) is 0 Å². The fourth-order valence-electron chi connectivity index (χ4n) is 3.46. The number of benzene rings is 2. The SMILES string of the molecule is CCOC(=O)[C@@H]1C(=O)C=C(c2cccc(F)c2)C[C@H]1c1cccc(OC)c1. The number of methoxy groups -OCH3 is 1. The fourth-order valence-corrected chi connectivity index (χ4v) is 3.46. The molecule has 2 atom stereocenters. The molecule has 0 heterocycles. The Labute approximate surface area is 157 Å². The van der Waals surface area contributed by atoms with Crippen molar-refractivity contribution in [1.82, 2.24) is 0 Å². The van der Waals surface area contributed by atoms with E-state index in [0.717, 1.165) is 5.56 Å². The van der Waals surface area contributed by atoms with E-state index in [1.807, 2.05) is 18.2 Å². The second-order valence-corrected chi connectivity index (χ2v) is 6.40. The Morgan fingerprint density at radius 1 is 1.19 bits per heavy atom. The summed E-state index contributed by atoms with van der Waals surface area (Å²) in [6.07, 6.45) is 1.86. The number of esters is 1. The summed E-state index contributed by atoms with van der Waals surface area (Å²) in [6.45, 7) is 1.91. The summed E-state index contributed by atoms with van der Waals surface area (Å²) in [4.78, 5) is 25.3. The second-order valence-electron chi connectivity index (χ2n) is 6.40. The highest BCUT2D eigenvalue weighted by Crippen LogP contribution is 2.41. The molecule has 5 heteroatoms. The van der Waals surface area contributed by atoms with E-state index >= 15 is 0 Å². The summed E-state index contributed by atoms with van der Waals surface area (Å²) >= 11 is 0. The first-order valence-corrected chi connectivity index (χ1v) is 8.84. The van der Waals surface area contributed by atoms with Gasteiger partial charge in [-0.2, -0.15) is 0 Å². The van der Waals surface area contributed by atoms with Gasteiger partial charge in [-0.25, -0.2) is 4.39 Å². The zero-order valence-corrected chi connectivity index (χ0v) is 15.3. The van der Waals surface area contributed by atoms with E-state index < -0.39 is 17.8 Å². The van der Waals surface area contributed by atoms with Gasteiger partial charge < -0.3 is 9.47 Å². The van der Waals surface area contributed by atoms with Crippen molar-refractivity contribution in [2.45, 2.75) is 19.3 Å². The van der Waals surface area contributed by atoms with Crippen LogP contribution in [-0.4, -0.2) is 25.5 Å². The van der Waals surface area contributed by atoms with Gasteiger partial charge in [0.2, 0.25) is 0 Å². The fraction of sp³-hybridized carbons (Fsp3) is 0.273. The number of rotatable bonds is 5. The monoisotopic (exact) mass is 368 g/mol. The van der Waals surface area contributed by atoms with Crippen molar-refractivity contribution in [2.24, 2.45) is 5.92 Å². The van der Waals surface area contributed by atoms with Crippen molar-refractivity contribution >= 4 is 17.3 Å². The van der Waals surface area contributed by atoms with Crippen molar-refractivity contribution in [3.05, 3.63) is 71.6 Å². The molecule has 0 saturated carbocycles. The first-order chi connectivity index (χ1) is 13.0. The van der Waals surface area contributed by atoms with Crippen LogP contribution in [0, 0.1) is 11.7 Å². The zero-order valence-electron chi connectivity index (χ0n) is 15.3. The third kappa shape index (κ3) is 4.08. The van der Waals surface area contributed by atoms with Gasteiger partial charge in [-0.1, -0.05) is 24.3 Å². The number of carbonyl (C=O) groups is 2. The molecule has 27 heavy (non-hydrogen) atoms. The van der Waals surface area contributed by atoms with Crippen LogP contribution in [0.2, 0.25) is 0 Å². The first kappa shape index (κ1) is 18.8. The molecule has 0 aromatic heterocycles. The normalized spacial score (nSPS) is 19.4. The van der Waals surface area contributed by atoms with Gasteiger partial charge in [-0.05, 0) is 60.4 Å². The molecule has 0 saturated heterocycles. The Hall–Kier alpha value is -2.95. The number of hydrogen-bond donors (Lipinski definition) is 0. The lowest BCUT2D eigenvalue weighted by molar-refractivity contribution is -0.151. The van der Waals surface area contributed by atoms with E-state index in [4.69, 9.17) is 9.47 Å². The molecule has 0 radical (unpaired) electrons. The predicted octanol–water partition coefficient (Wildman–Crippen LogP) is 4.15. The number of allylic oxidation sites excluding steroid dienone is 2. The summed E-state index contributed by atoms with van der Waals surface area (Å²) in [7, 11) is 1.56. The maximum absolute atomic E-state index is 13.6. The van der Waals surface area contributed by atoms with Crippen LogP contribution < -0.4 is 4.74 Å². The van der Waals surface area contributed by atoms with Crippen molar-refractivity contribution < 1.29 is 23.5 Å². The van der Waals surface area contributed by atoms with Gasteiger partial charge in [-0.3, -0.25) is 9.59 Å². The Balaban J connectivity index is 2.04. The summed E-state index contributed by atoms with van der Waals surface area (Å²) in [5, 5.41) is 0. The van der Waals surface area contributed by atoms with Gasteiger partial charge in [-0.15, -0.1) is 0 Å². The Bertz CT molecular complexity index is 887. The standard InChI is InChI=1S/C22H21FO4/c1-3-27-22(25)21-19(15-7-5-9-18(11-15)26-2)12-16(13-20(21)24)14-6-4-8-17(23)10-14/h4-11,13,19,21H,3,12H2,1-2H3/t19-,21-/m0/s1. The lowest BCUT2D eigenvalue weighted by Crippen LogP contribution is -2.34. The smallest absolute Gasteiger partial charge is 0.317 e. The highest BCUT2D eigenvalue weighted by atomic mass is 19.1. The Morgan fingerprint density at radius 2 is 1.96 bits per heavy atom. The molecule has 140 valence electrons. The van der Waals surface area contributed by atoms with E-state index in [2.05, 4.69) is 0 Å². The van der Waals surface area contributed by atoms with Crippen molar-refractivity contribution in [2.75, 3.05) is 13.7 Å². The summed E-state index contributed by atoms with van der Waals surface area (Å²) in [5.41, 5.74) is 2.15. The van der Waals surface area contributed by atoms with Gasteiger partial charge in [0.15, 0.2) is 5.78 Å². The van der Waals surface area contributed by atoms with Gasteiger partial charge in [0.25, 0.3) is 0 Å². The molecule has 2 aromatic carbocycles. The molecule has 4 nitrogen and oxygen atoms in total. The molecule has 0 spiro atoms. The highest BCUT2D eigenvalue weighted by molar-refractivity contribution is 6.10. The largest absolute Gasteiger partial charge is 0.497 e. The Kier molecular flexibility index (Phi) is 5.69. The maximum Gasteiger partial charge on any atom is 0.317 e. The summed E-state index contributed by atoms with van der Waals surface area (Å²) in [5.74, 6) is -1.92. The van der Waals surface area contributed by atoms with E-state index in [1.54, 1.807) is 32.2 Å². The van der Waals surface area contributed by atoms with Crippen molar-refractivity contribution in [1.29, 1.82) is 0 Å². The summed E-state index contributed by atoms with van der Waals surface area (Å²) in [6, 6.07) is 13.4. The molecule has 0 aliphatic heterocycles. The molecule has 0 N–H and O–H groups in total. The van der Waals surface area contributed by atoms with Crippen LogP contribution in [0.15, 0.2) is 54.6 Å². The van der Waals surface area contributed by atoms with Gasteiger partial charge in [0.05, 0.1) is 13.7 Å². The lowest BCUT2D eigenvalue weighted by Gasteiger charge is -2.29. The van der Waals surface area contributed by atoms with Crippen LogP contribution in [0.5, 0.6) is 5.75 Å². The molecule has 3 rings (SSSR count). The van der Waals surface area contributed by atoms with Gasteiger partial charge >= 0.3 is 5.97 Å². The Morgan fingerprint density at radius 3 is 2.67 bits per heavy atom. The average molecular weight is 368 g/mol. The van der Waals surface area contributed by atoms with E-state index in [9.17, 15) is 14.0 Å². The van der Waals surface area contributed by atoms with Crippen LogP contribution >= 0.6 is 0 Å². The van der Waals surface area contributed by atoms with Gasteiger partial charge in [0, 0.05) is 5.92 Å². The topological polar surface area (TPSA) is 52.6 Å². The van der Waals surface area contributed by atoms with E-state index in [-0.39, 0.29) is 18.2 Å². The number of ether oxygens (including phenoxy) is 2. The quantitative estimate of drug-likeness (QED) is 0.588. The first-order valence-electron chi connectivity index (χ1n) is 8.84. The predicted molar refractivity (Wildman–Crippen MR) is 99.9 cm³/mol. The van der Waals surface area contributed by atoms with E-state index in [0.29, 0.717) is 23.3 Å². The van der Waals surface area contributed by atoms with Gasteiger partial charge in [0.1, 0.15) is 17.5 Å². The molecule has 1 aliphatic rings. The number of ketones is 1. The minimum absolute atomic E-state index is 0.202. The maximum atomic E-state index is 13.6. The number of carbonyl (C=O) groups excluding carboxylic acids is 2. The highest BCUT2D eigenvalue weighted by Gasteiger charge is 2.39. The minimum atomic E-state index is -0.922. The molecule has 0 bridgehead atoms. The van der Waals surface area contributed by atoms with E-state index in [1.165, 1.54) is 18.2 Å². The molecular formula is C22H21FO4. The number of halogens is 1. The molecule has 0 unspecified atom stereocenters. The summed E-state index contributed by atoms with van der Waals surface area (Å²) < 4.78 is 24.1. The number of hydrogen-bond acceptors (Lipinski definition) is 4. The molecule has 0 amide bonds. The molecule has 1 aliphatic carbocycles. The molecule has 2 aromatic rings. The molecule has 0 fully saturated rings. The van der Waals surface area contributed by atoms with Crippen molar-refractivity contribution in [3.63, 3.8) is 0 Å². The minimum Gasteiger partial charge on any atom is -0.497 e. The van der Waals surface area contributed by atoms with Crippen LogP contribution in [0.4, 0.5) is 4.39 Å². The third-order valence-corrected chi connectivity index (χ3v) is 4.72. The second kappa shape index (κ2) is 8.16. The zero-order chi connectivity index (χ0) is 19.4. The van der Waals surface area contributed by atoms with Crippen LogP contribution in [0.1, 0.15) is 30.4 Å². The molecular weight excluding hydrogens is 347 g/mol. The third-order valence-electron chi connectivity index (χ3n) is 4.72.